The maximum atomic E-state index is 12.6. The number of nitrogens with zero attached hydrogens (tertiary/aromatic N) is 2. The van der Waals surface area contributed by atoms with E-state index in [1.54, 1.807) is 16.8 Å². The average molecular weight is 480 g/mol. The molecule has 2 aliphatic rings. The minimum atomic E-state index is -0.911. The van der Waals surface area contributed by atoms with Gasteiger partial charge in [0.1, 0.15) is 12.6 Å². The number of likely N-dealkylation sites (N-methyl/N-ethyl adjacent to an activating group) is 1. The van der Waals surface area contributed by atoms with E-state index in [1.165, 1.54) is 22.3 Å². The second-order valence-corrected chi connectivity index (χ2v) is 9.52. The smallest absolute Gasteiger partial charge is 0.407 e. The second kappa shape index (κ2) is 10.9. The van der Waals surface area contributed by atoms with Crippen molar-refractivity contribution in [3.05, 3.63) is 59.7 Å². The molecule has 35 heavy (non-hydrogen) atoms. The number of amides is 2. The van der Waals surface area contributed by atoms with Crippen LogP contribution < -0.4 is 5.32 Å². The van der Waals surface area contributed by atoms with Crippen molar-refractivity contribution in [1.29, 1.82) is 0 Å². The van der Waals surface area contributed by atoms with Crippen LogP contribution in [0.5, 0.6) is 0 Å². The highest BCUT2D eigenvalue weighted by atomic mass is 16.5. The number of carbonyl (C=O) groups is 3. The lowest BCUT2D eigenvalue weighted by Gasteiger charge is -2.37. The van der Waals surface area contributed by atoms with Gasteiger partial charge in [0.2, 0.25) is 5.91 Å². The summed E-state index contributed by atoms with van der Waals surface area (Å²) in [7, 11) is 1.76. The number of piperazine rings is 1. The molecule has 186 valence electrons. The quantitative estimate of drug-likeness (QED) is 0.604. The third kappa shape index (κ3) is 5.65. The first-order chi connectivity index (χ1) is 16.8. The summed E-state index contributed by atoms with van der Waals surface area (Å²) in [6.45, 7) is 3.93. The fourth-order valence-corrected chi connectivity index (χ4v) is 4.90. The van der Waals surface area contributed by atoms with Crippen LogP contribution in [0, 0.1) is 5.92 Å². The molecule has 0 saturated carbocycles. The van der Waals surface area contributed by atoms with Gasteiger partial charge in [0.05, 0.1) is 0 Å². The predicted octanol–water partition coefficient (Wildman–Crippen LogP) is 3.17. The summed E-state index contributed by atoms with van der Waals surface area (Å²) in [6.07, 6.45) is 0.462. The van der Waals surface area contributed by atoms with E-state index in [0.29, 0.717) is 32.5 Å². The van der Waals surface area contributed by atoms with Crippen LogP contribution in [-0.2, 0) is 14.3 Å². The van der Waals surface area contributed by atoms with Gasteiger partial charge in [-0.15, -0.1) is 0 Å². The molecule has 1 fully saturated rings. The van der Waals surface area contributed by atoms with Gasteiger partial charge in [-0.2, -0.15) is 0 Å². The lowest BCUT2D eigenvalue weighted by Crippen LogP contribution is -2.56. The van der Waals surface area contributed by atoms with Crippen molar-refractivity contribution >= 4 is 18.0 Å². The molecule has 0 spiro atoms. The Morgan fingerprint density at radius 2 is 1.69 bits per heavy atom. The molecule has 0 bridgehead atoms. The van der Waals surface area contributed by atoms with E-state index in [9.17, 15) is 19.5 Å². The van der Waals surface area contributed by atoms with Crippen molar-refractivity contribution < 1.29 is 24.2 Å². The number of rotatable bonds is 8. The van der Waals surface area contributed by atoms with Crippen molar-refractivity contribution in [1.82, 2.24) is 15.1 Å². The molecule has 0 radical (unpaired) electrons. The molecule has 0 aromatic heterocycles. The standard InChI is InChI=1S/C27H33N3O5/c1-18(11-12-25(31)30-14-13-29(2)24(16-30)26(32)33)15-28-27(34)35-17-23-21-9-5-3-7-19(21)20-8-4-6-10-22(20)23/h3-10,18,23-24H,11-17H2,1-2H3,(H,28,34)(H,32,33). The average Bonchev–Trinajstić information content (AvgIpc) is 3.18. The zero-order chi connectivity index (χ0) is 24.9. The number of carbonyl (C=O) groups excluding carboxylic acids is 2. The lowest BCUT2D eigenvalue weighted by molar-refractivity contribution is -0.147. The molecule has 1 saturated heterocycles. The fraction of sp³-hybridized carbons (Fsp3) is 0.444. The molecule has 2 amide bonds. The third-order valence-electron chi connectivity index (χ3n) is 7.08. The summed E-state index contributed by atoms with van der Waals surface area (Å²) in [5.74, 6) is -0.855. The minimum absolute atomic E-state index is 0.0152. The number of carboxylic acids is 1. The number of alkyl carbamates (subject to hydrolysis) is 1. The number of hydrogen-bond donors (Lipinski definition) is 2. The van der Waals surface area contributed by atoms with E-state index in [0.717, 1.165) is 0 Å². The van der Waals surface area contributed by atoms with E-state index in [4.69, 9.17) is 4.74 Å². The molecule has 1 aliphatic heterocycles. The van der Waals surface area contributed by atoms with Gasteiger partial charge in [0, 0.05) is 38.5 Å². The molecule has 1 aliphatic carbocycles. The van der Waals surface area contributed by atoms with Crippen LogP contribution in [-0.4, -0.2) is 78.8 Å². The Balaban J connectivity index is 1.20. The van der Waals surface area contributed by atoms with E-state index in [1.807, 2.05) is 31.2 Å². The number of fused-ring (bicyclic) bond motifs is 3. The lowest BCUT2D eigenvalue weighted by atomic mass is 9.98. The van der Waals surface area contributed by atoms with Gasteiger partial charge in [-0.25, -0.2) is 4.79 Å². The van der Waals surface area contributed by atoms with Crippen molar-refractivity contribution in [3.8, 4) is 11.1 Å². The van der Waals surface area contributed by atoms with Crippen molar-refractivity contribution in [2.24, 2.45) is 5.92 Å². The first kappa shape index (κ1) is 24.7. The largest absolute Gasteiger partial charge is 0.480 e. The summed E-state index contributed by atoms with van der Waals surface area (Å²) in [6, 6.07) is 15.7. The maximum absolute atomic E-state index is 12.6. The maximum Gasteiger partial charge on any atom is 0.407 e. The van der Waals surface area contributed by atoms with E-state index in [-0.39, 0.29) is 30.9 Å². The van der Waals surface area contributed by atoms with E-state index < -0.39 is 18.1 Å². The van der Waals surface area contributed by atoms with Crippen LogP contribution in [0.4, 0.5) is 4.79 Å². The van der Waals surface area contributed by atoms with Gasteiger partial charge in [-0.3, -0.25) is 14.5 Å². The number of benzene rings is 2. The van der Waals surface area contributed by atoms with Crippen molar-refractivity contribution in [3.63, 3.8) is 0 Å². The highest BCUT2D eigenvalue weighted by molar-refractivity contribution is 5.80. The number of carboxylic acid groups (broad SMARTS) is 1. The summed E-state index contributed by atoms with van der Waals surface area (Å²) in [4.78, 5) is 39.7. The molecule has 2 unspecified atom stereocenters. The van der Waals surface area contributed by atoms with Gasteiger partial charge in [-0.1, -0.05) is 55.5 Å². The third-order valence-corrected chi connectivity index (χ3v) is 7.08. The van der Waals surface area contributed by atoms with Gasteiger partial charge in [0.15, 0.2) is 0 Å². The second-order valence-electron chi connectivity index (χ2n) is 9.52. The van der Waals surface area contributed by atoms with Gasteiger partial charge in [0.25, 0.3) is 0 Å². The zero-order valence-corrected chi connectivity index (χ0v) is 20.3. The molecule has 2 aromatic carbocycles. The fourth-order valence-electron chi connectivity index (χ4n) is 4.90. The van der Waals surface area contributed by atoms with Crippen LogP contribution in [0.2, 0.25) is 0 Å². The van der Waals surface area contributed by atoms with Crippen LogP contribution in [0.3, 0.4) is 0 Å². The number of nitrogens with one attached hydrogen (secondary N) is 1. The minimum Gasteiger partial charge on any atom is -0.480 e. The Morgan fingerprint density at radius 1 is 1.06 bits per heavy atom. The van der Waals surface area contributed by atoms with Crippen LogP contribution in [0.15, 0.2) is 48.5 Å². The Hall–Kier alpha value is -3.39. The normalized spacial score (nSPS) is 18.5. The molecule has 8 nitrogen and oxygen atoms in total. The van der Waals surface area contributed by atoms with Crippen molar-refractivity contribution in [2.45, 2.75) is 31.7 Å². The molecule has 2 atom stereocenters. The Labute approximate surface area is 205 Å². The van der Waals surface area contributed by atoms with Gasteiger partial charge >= 0.3 is 12.1 Å². The van der Waals surface area contributed by atoms with Gasteiger partial charge in [-0.05, 0) is 41.6 Å². The molecule has 4 rings (SSSR count). The first-order valence-corrected chi connectivity index (χ1v) is 12.1. The highest BCUT2D eigenvalue weighted by Gasteiger charge is 2.32. The number of aliphatic carboxylic acids is 1. The SMILES string of the molecule is CC(CCC(=O)N1CCN(C)C(C(=O)O)C1)CNC(=O)OCC1c2ccccc2-c2ccccc21. The highest BCUT2D eigenvalue weighted by Crippen LogP contribution is 2.44. The first-order valence-electron chi connectivity index (χ1n) is 12.1. The number of ether oxygens (including phenoxy) is 1. The van der Waals surface area contributed by atoms with Crippen LogP contribution in [0.1, 0.15) is 36.8 Å². The van der Waals surface area contributed by atoms with Gasteiger partial charge < -0.3 is 20.1 Å². The number of hydrogen-bond acceptors (Lipinski definition) is 5. The monoisotopic (exact) mass is 479 g/mol. The molecule has 2 N–H and O–H groups in total. The summed E-state index contributed by atoms with van der Waals surface area (Å²) in [5.41, 5.74) is 4.71. The molecule has 1 heterocycles. The Morgan fingerprint density at radius 3 is 2.31 bits per heavy atom. The molecular weight excluding hydrogens is 446 g/mol. The zero-order valence-electron chi connectivity index (χ0n) is 20.3. The Kier molecular flexibility index (Phi) is 7.70. The molecule has 8 heteroatoms. The molecular formula is C27H33N3O5. The van der Waals surface area contributed by atoms with Crippen molar-refractivity contribution in [2.75, 3.05) is 39.8 Å². The van der Waals surface area contributed by atoms with E-state index in [2.05, 4.69) is 29.6 Å². The summed E-state index contributed by atoms with van der Waals surface area (Å²) in [5, 5.41) is 12.1. The Bertz CT molecular complexity index is 1040. The topological polar surface area (TPSA) is 99.2 Å². The summed E-state index contributed by atoms with van der Waals surface area (Å²) >= 11 is 0. The van der Waals surface area contributed by atoms with E-state index >= 15 is 0 Å². The van der Waals surface area contributed by atoms with Crippen LogP contribution in [0.25, 0.3) is 11.1 Å². The predicted molar refractivity (Wildman–Crippen MR) is 132 cm³/mol. The van der Waals surface area contributed by atoms with Crippen LogP contribution >= 0.6 is 0 Å². The molecule has 2 aromatic rings. The summed E-state index contributed by atoms with van der Waals surface area (Å²) < 4.78 is 5.57.